The fourth-order valence-electron chi connectivity index (χ4n) is 4.43. The van der Waals surface area contributed by atoms with E-state index in [1.165, 1.54) is 22.7 Å². The summed E-state index contributed by atoms with van der Waals surface area (Å²) in [6, 6.07) is 13.1. The third kappa shape index (κ3) is 6.30. The highest BCUT2D eigenvalue weighted by atomic mass is 32.2. The molecule has 1 aliphatic rings. The van der Waals surface area contributed by atoms with Gasteiger partial charge in [-0.25, -0.2) is 8.42 Å². The van der Waals surface area contributed by atoms with Crippen molar-refractivity contribution in [1.29, 1.82) is 0 Å². The molecule has 0 radical (unpaired) electrons. The minimum atomic E-state index is -3.86. The predicted molar refractivity (Wildman–Crippen MR) is 129 cm³/mol. The number of sulfonamides is 1. The highest BCUT2D eigenvalue weighted by molar-refractivity contribution is 7.89. The van der Waals surface area contributed by atoms with Crippen LogP contribution in [0.15, 0.2) is 59.0 Å². The first kappa shape index (κ1) is 24.2. The first-order valence-electron chi connectivity index (χ1n) is 11.3. The zero-order valence-corrected chi connectivity index (χ0v) is 20.2. The van der Waals surface area contributed by atoms with E-state index in [9.17, 15) is 13.2 Å². The quantitative estimate of drug-likeness (QED) is 0.553. The summed E-state index contributed by atoms with van der Waals surface area (Å²) in [6.45, 7) is 6.05. The Labute approximate surface area is 192 Å². The number of rotatable bonds is 9. The van der Waals surface area contributed by atoms with Crippen molar-refractivity contribution in [2.75, 3.05) is 13.1 Å². The molecule has 32 heavy (non-hydrogen) atoms. The molecule has 0 saturated heterocycles. The van der Waals surface area contributed by atoms with Gasteiger partial charge in [-0.3, -0.25) is 4.79 Å². The summed E-state index contributed by atoms with van der Waals surface area (Å²) >= 11 is 0. The lowest BCUT2D eigenvalue weighted by Crippen LogP contribution is -2.41. The molecule has 172 valence electrons. The lowest BCUT2D eigenvalue weighted by molar-refractivity contribution is -0.121. The number of aryl methyl sites for hydroxylation is 3. The summed E-state index contributed by atoms with van der Waals surface area (Å²) in [5.41, 5.74) is 4.65. The molecule has 0 unspecified atom stereocenters. The van der Waals surface area contributed by atoms with Crippen molar-refractivity contribution in [3.63, 3.8) is 0 Å². The Kier molecular flexibility index (Phi) is 8.26. The van der Waals surface area contributed by atoms with Crippen LogP contribution < -0.4 is 5.32 Å². The summed E-state index contributed by atoms with van der Waals surface area (Å²) < 4.78 is 28.7. The molecule has 2 aromatic rings. The Balaban J connectivity index is 1.79. The topological polar surface area (TPSA) is 66.5 Å². The largest absolute Gasteiger partial charge is 0.355 e. The van der Waals surface area contributed by atoms with Gasteiger partial charge >= 0.3 is 0 Å². The van der Waals surface area contributed by atoms with Crippen LogP contribution in [0.5, 0.6) is 0 Å². The third-order valence-corrected chi connectivity index (χ3v) is 7.98. The van der Waals surface area contributed by atoms with E-state index in [1.807, 2.05) is 63.2 Å². The van der Waals surface area contributed by atoms with Crippen LogP contribution in [0, 0.1) is 20.8 Å². The Hall–Kier alpha value is -2.44. The molecule has 6 heteroatoms. The zero-order chi connectivity index (χ0) is 23.1. The minimum absolute atomic E-state index is 0.147. The summed E-state index contributed by atoms with van der Waals surface area (Å²) in [7, 11) is -3.86. The average molecular weight is 455 g/mol. The normalized spacial score (nSPS) is 14.3. The highest BCUT2D eigenvalue weighted by Gasteiger charge is 2.29. The van der Waals surface area contributed by atoms with Crippen LogP contribution in [0.3, 0.4) is 0 Å². The SMILES string of the molecule is Cc1cc(C)c(S(=O)(=O)N(CC(=O)NCCC2=CCCCC2)Cc2ccccc2)c(C)c1. The number of carbonyl (C=O) groups excluding carboxylic acids is 1. The Morgan fingerprint density at radius 3 is 2.34 bits per heavy atom. The van der Waals surface area contributed by atoms with E-state index in [0.29, 0.717) is 22.6 Å². The van der Waals surface area contributed by atoms with E-state index in [4.69, 9.17) is 0 Å². The molecule has 5 nitrogen and oxygen atoms in total. The molecule has 0 saturated carbocycles. The molecule has 0 bridgehead atoms. The van der Waals surface area contributed by atoms with Gasteiger partial charge in [0.15, 0.2) is 0 Å². The molecule has 1 amide bonds. The number of hydrogen-bond donors (Lipinski definition) is 1. The lowest BCUT2D eigenvalue weighted by Gasteiger charge is -2.24. The van der Waals surface area contributed by atoms with Crippen molar-refractivity contribution in [2.45, 2.75) is 64.3 Å². The van der Waals surface area contributed by atoms with Crippen molar-refractivity contribution in [1.82, 2.24) is 9.62 Å². The Morgan fingerprint density at radius 1 is 1.03 bits per heavy atom. The van der Waals surface area contributed by atoms with Crippen LogP contribution in [-0.2, 0) is 21.4 Å². The predicted octanol–water partition coefficient (Wildman–Crippen LogP) is 4.81. The first-order chi connectivity index (χ1) is 15.3. The second kappa shape index (κ2) is 10.9. The van der Waals surface area contributed by atoms with Crippen LogP contribution in [0.4, 0.5) is 0 Å². The summed E-state index contributed by atoms with van der Waals surface area (Å²) in [6.07, 6.45) is 7.74. The van der Waals surface area contributed by atoms with Gasteiger partial charge in [0, 0.05) is 13.1 Å². The van der Waals surface area contributed by atoms with Gasteiger partial charge < -0.3 is 5.32 Å². The fourth-order valence-corrected chi connectivity index (χ4v) is 6.22. The van der Waals surface area contributed by atoms with E-state index in [-0.39, 0.29) is 19.0 Å². The molecule has 0 fully saturated rings. The van der Waals surface area contributed by atoms with Gasteiger partial charge in [0.25, 0.3) is 0 Å². The Morgan fingerprint density at radius 2 is 1.72 bits per heavy atom. The molecule has 0 atom stereocenters. The van der Waals surface area contributed by atoms with Crippen molar-refractivity contribution in [2.24, 2.45) is 0 Å². The first-order valence-corrected chi connectivity index (χ1v) is 12.8. The number of nitrogens with one attached hydrogen (secondary N) is 1. The molecule has 0 spiro atoms. The second-order valence-corrected chi connectivity index (χ2v) is 10.6. The molecule has 0 aromatic heterocycles. The minimum Gasteiger partial charge on any atom is -0.355 e. The smallest absolute Gasteiger partial charge is 0.244 e. The number of benzene rings is 2. The van der Waals surface area contributed by atoms with Crippen LogP contribution >= 0.6 is 0 Å². The number of hydrogen-bond acceptors (Lipinski definition) is 3. The molecule has 3 rings (SSSR count). The van der Waals surface area contributed by atoms with Gasteiger partial charge in [0.05, 0.1) is 11.4 Å². The van der Waals surface area contributed by atoms with E-state index < -0.39 is 10.0 Å². The fraction of sp³-hybridized carbons (Fsp3) is 0.423. The second-order valence-electron chi connectivity index (χ2n) is 8.69. The summed E-state index contributed by atoms with van der Waals surface area (Å²) in [4.78, 5) is 13.0. The van der Waals surface area contributed by atoms with Gasteiger partial charge in [-0.15, -0.1) is 0 Å². The van der Waals surface area contributed by atoms with Gasteiger partial charge in [0.1, 0.15) is 0 Å². The Bertz CT molecular complexity index is 1050. The van der Waals surface area contributed by atoms with Gasteiger partial charge in [0.2, 0.25) is 15.9 Å². The lowest BCUT2D eigenvalue weighted by atomic mass is 9.97. The molecular formula is C26H34N2O3S. The molecule has 0 aliphatic heterocycles. The van der Waals surface area contributed by atoms with Gasteiger partial charge in [-0.05, 0) is 69.6 Å². The van der Waals surface area contributed by atoms with Crippen LogP contribution in [0.1, 0.15) is 54.4 Å². The molecule has 1 aliphatic carbocycles. The number of nitrogens with zero attached hydrogens (tertiary/aromatic N) is 1. The maximum atomic E-state index is 13.7. The third-order valence-electron chi connectivity index (χ3n) is 5.88. The summed E-state index contributed by atoms with van der Waals surface area (Å²) in [5.74, 6) is -0.275. The van der Waals surface area contributed by atoms with Crippen LogP contribution in [-0.4, -0.2) is 31.7 Å². The van der Waals surface area contributed by atoms with Crippen LogP contribution in [0.25, 0.3) is 0 Å². The standard InChI is InChI=1S/C26H34N2O3S/c1-20-16-21(2)26(22(3)17-20)32(30,31)28(18-24-12-8-5-9-13-24)19-25(29)27-15-14-23-10-6-4-7-11-23/h5,8-10,12-13,16-17H,4,6-7,11,14-15,18-19H2,1-3H3,(H,27,29). The summed E-state index contributed by atoms with van der Waals surface area (Å²) in [5, 5.41) is 2.92. The van der Waals surface area contributed by atoms with Crippen molar-refractivity contribution in [3.05, 3.63) is 76.4 Å². The van der Waals surface area contributed by atoms with Crippen molar-refractivity contribution in [3.8, 4) is 0 Å². The molecule has 0 heterocycles. The van der Waals surface area contributed by atoms with Crippen molar-refractivity contribution >= 4 is 15.9 Å². The van der Waals surface area contributed by atoms with Crippen LogP contribution in [0.2, 0.25) is 0 Å². The zero-order valence-electron chi connectivity index (χ0n) is 19.4. The highest BCUT2D eigenvalue weighted by Crippen LogP contribution is 2.26. The van der Waals surface area contributed by atoms with E-state index in [2.05, 4.69) is 11.4 Å². The molecule has 2 aromatic carbocycles. The number of allylic oxidation sites excluding steroid dienone is 1. The number of amides is 1. The van der Waals surface area contributed by atoms with Crippen molar-refractivity contribution < 1.29 is 13.2 Å². The number of carbonyl (C=O) groups is 1. The molecular weight excluding hydrogens is 420 g/mol. The maximum absolute atomic E-state index is 13.7. The molecule has 1 N–H and O–H groups in total. The van der Waals surface area contributed by atoms with E-state index >= 15 is 0 Å². The van der Waals surface area contributed by atoms with Gasteiger partial charge in [-0.1, -0.05) is 59.7 Å². The monoisotopic (exact) mass is 454 g/mol. The average Bonchev–Trinajstić information content (AvgIpc) is 2.74. The maximum Gasteiger partial charge on any atom is 0.244 e. The van der Waals surface area contributed by atoms with E-state index in [0.717, 1.165) is 30.4 Å². The van der Waals surface area contributed by atoms with E-state index in [1.54, 1.807) is 0 Å². The van der Waals surface area contributed by atoms with Gasteiger partial charge in [-0.2, -0.15) is 4.31 Å².